The van der Waals surface area contributed by atoms with Crippen molar-refractivity contribution in [3.63, 3.8) is 0 Å². The molecule has 1 aliphatic rings. The van der Waals surface area contributed by atoms with E-state index >= 15 is 0 Å². The van der Waals surface area contributed by atoms with E-state index in [0.717, 1.165) is 17.7 Å². The Morgan fingerprint density at radius 1 is 1.26 bits per heavy atom. The van der Waals surface area contributed by atoms with Crippen LogP contribution >= 0.6 is 0 Å². The number of benzene rings is 2. The van der Waals surface area contributed by atoms with Gasteiger partial charge in [-0.15, -0.1) is 0 Å². The summed E-state index contributed by atoms with van der Waals surface area (Å²) in [5, 5.41) is 12.0. The zero-order valence-electron chi connectivity index (χ0n) is 14.5. The monoisotopic (exact) mass is 383 g/mol. The van der Waals surface area contributed by atoms with E-state index in [4.69, 9.17) is 4.55 Å². The number of nitrogens with zero attached hydrogens (tertiary/aromatic N) is 2. The summed E-state index contributed by atoms with van der Waals surface area (Å²) in [4.78, 5) is 14.1. The van der Waals surface area contributed by atoms with Crippen molar-refractivity contribution in [3.05, 3.63) is 65.9 Å². The van der Waals surface area contributed by atoms with Crippen molar-refractivity contribution >= 4 is 27.4 Å². The molecule has 0 aromatic heterocycles. The van der Waals surface area contributed by atoms with Crippen molar-refractivity contribution in [2.75, 3.05) is 10.2 Å². The Labute approximate surface area is 157 Å². The maximum Gasteiger partial charge on any atom is 0.294 e. The number of hydrogen-bond acceptors (Lipinski definition) is 5. The van der Waals surface area contributed by atoms with Gasteiger partial charge in [-0.3, -0.25) is 9.35 Å². The summed E-state index contributed by atoms with van der Waals surface area (Å²) in [6.07, 6.45) is 2.35. The first-order valence-corrected chi connectivity index (χ1v) is 9.60. The smallest absolute Gasteiger partial charge is 0.294 e. The van der Waals surface area contributed by atoms with Crippen molar-refractivity contribution in [2.24, 2.45) is 0 Å². The molecular formula is C19H17N3O4S. The summed E-state index contributed by atoms with van der Waals surface area (Å²) in [5.74, 6) is -0.603. The molecule has 7 nitrogen and oxygen atoms in total. The quantitative estimate of drug-likeness (QED) is 0.477. The number of carbonyl (C=O) groups excluding carboxylic acids is 1. The minimum Gasteiger partial charge on any atom is -0.343 e. The van der Waals surface area contributed by atoms with E-state index < -0.39 is 16.0 Å². The molecule has 138 valence electrons. The van der Waals surface area contributed by atoms with Crippen molar-refractivity contribution < 1.29 is 17.8 Å². The standard InChI is InChI=1S/C19H17N3O4S/c1-13-10-14-4-2-3-5-18(14)22(13)12-15(11-20)19(23)21-16-6-8-17(9-7-16)27(24,25)26/h2-9,12-13H,10H2,1H3,(H,21,23)(H,24,25,26)/b15-12-. The second-order valence-corrected chi connectivity index (χ2v) is 7.62. The molecule has 1 unspecified atom stereocenters. The fourth-order valence-corrected chi connectivity index (χ4v) is 3.45. The highest BCUT2D eigenvalue weighted by atomic mass is 32.2. The van der Waals surface area contributed by atoms with E-state index in [-0.39, 0.29) is 16.5 Å². The van der Waals surface area contributed by atoms with Crippen molar-refractivity contribution in [1.29, 1.82) is 5.26 Å². The van der Waals surface area contributed by atoms with Crippen LogP contribution in [0.3, 0.4) is 0 Å². The van der Waals surface area contributed by atoms with Crippen LogP contribution in [-0.4, -0.2) is 24.9 Å². The van der Waals surface area contributed by atoms with Gasteiger partial charge in [0, 0.05) is 23.6 Å². The first-order valence-electron chi connectivity index (χ1n) is 8.16. The molecule has 1 heterocycles. The summed E-state index contributed by atoms with van der Waals surface area (Å²) in [6.45, 7) is 2.01. The molecule has 3 rings (SSSR count). The van der Waals surface area contributed by atoms with E-state index in [2.05, 4.69) is 5.32 Å². The number of carbonyl (C=O) groups is 1. The fourth-order valence-electron chi connectivity index (χ4n) is 2.97. The lowest BCUT2D eigenvalue weighted by Crippen LogP contribution is -2.25. The molecule has 2 aromatic rings. The van der Waals surface area contributed by atoms with Gasteiger partial charge >= 0.3 is 0 Å². The Morgan fingerprint density at radius 2 is 1.93 bits per heavy atom. The van der Waals surface area contributed by atoms with E-state index in [9.17, 15) is 18.5 Å². The summed E-state index contributed by atoms with van der Waals surface area (Å²) in [7, 11) is -4.30. The minimum absolute atomic E-state index is 0.0718. The molecule has 0 aliphatic carbocycles. The highest BCUT2D eigenvalue weighted by Crippen LogP contribution is 2.32. The maximum atomic E-state index is 12.4. The number of nitriles is 1. The summed E-state index contributed by atoms with van der Waals surface area (Å²) >= 11 is 0. The molecule has 0 saturated heterocycles. The lowest BCUT2D eigenvalue weighted by atomic mass is 10.1. The van der Waals surface area contributed by atoms with Crippen molar-refractivity contribution in [3.8, 4) is 6.07 Å². The van der Waals surface area contributed by atoms with Crippen LogP contribution < -0.4 is 10.2 Å². The molecule has 2 N–H and O–H groups in total. The van der Waals surface area contributed by atoms with Gasteiger partial charge in [0.1, 0.15) is 11.6 Å². The summed E-state index contributed by atoms with van der Waals surface area (Å²) in [5.41, 5.74) is 2.35. The first kappa shape index (κ1) is 18.6. The Balaban J connectivity index is 1.81. The highest BCUT2D eigenvalue weighted by Gasteiger charge is 2.25. The predicted molar refractivity (Wildman–Crippen MR) is 101 cm³/mol. The minimum atomic E-state index is -4.30. The molecule has 0 radical (unpaired) electrons. The average Bonchev–Trinajstić information content (AvgIpc) is 2.94. The molecule has 1 atom stereocenters. The lowest BCUT2D eigenvalue weighted by molar-refractivity contribution is -0.112. The number of hydrogen-bond donors (Lipinski definition) is 2. The Morgan fingerprint density at radius 3 is 2.56 bits per heavy atom. The van der Waals surface area contributed by atoms with E-state index in [1.165, 1.54) is 30.5 Å². The maximum absolute atomic E-state index is 12.4. The number of para-hydroxylation sites is 1. The number of amides is 1. The summed E-state index contributed by atoms with van der Waals surface area (Å²) in [6, 6.07) is 14.8. The number of rotatable bonds is 4. The zero-order chi connectivity index (χ0) is 19.6. The molecule has 27 heavy (non-hydrogen) atoms. The van der Waals surface area contributed by atoms with Gasteiger partial charge < -0.3 is 10.2 Å². The van der Waals surface area contributed by atoms with Crippen molar-refractivity contribution in [1.82, 2.24) is 0 Å². The van der Waals surface area contributed by atoms with Crippen LogP contribution in [0.25, 0.3) is 0 Å². The fraction of sp³-hybridized carbons (Fsp3) is 0.158. The van der Waals surface area contributed by atoms with Gasteiger partial charge in [0.25, 0.3) is 16.0 Å². The van der Waals surface area contributed by atoms with Gasteiger partial charge in [-0.1, -0.05) is 18.2 Å². The predicted octanol–water partition coefficient (Wildman–Crippen LogP) is 2.73. The molecule has 2 aromatic carbocycles. The van der Waals surface area contributed by atoms with Gasteiger partial charge in [-0.2, -0.15) is 13.7 Å². The van der Waals surface area contributed by atoms with Crippen LogP contribution in [0.2, 0.25) is 0 Å². The van der Waals surface area contributed by atoms with Gasteiger partial charge in [0.05, 0.1) is 4.90 Å². The van der Waals surface area contributed by atoms with E-state index in [1.807, 2.05) is 42.2 Å². The summed E-state index contributed by atoms with van der Waals surface area (Å²) < 4.78 is 31.1. The second kappa shape index (κ2) is 7.23. The second-order valence-electron chi connectivity index (χ2n) is 6.20. The van der Waals surface area contributed by atoms with E-state index in [1.54, 1.807) is 0 Å². The van der Waals surface area contributed by atoms with Crippen LogP contribution in [0.4, 0.5) is 11.4 Å². The highest BCUT2D eigenvalue weighted by molar-refractivity contribution is 7.85. The van der Waals surface area contributed by atoms with Crippen LogP contribution in [-0.2, 0) is 21.3 Å². The number of fused-ring (bicyclic) bond motifs is 1. The Bertz CT molecular complexity index is 1050. The molecule has 1 amide bonds. The lowest BCUT2D eigenvalue weighted by Gasteiger charge is -2.20. The average molecular weight is 383 g/mol. The third-order valence-electron chi connectivity index (χ3n) is 4.30. The molecule has 1 aliphatic heterocycles. The molecule has 0 fully saturated rings. The molecule has 8 heteroatoms. The van der Waals surface area contributed by atoms with Crippen LogP contribution in [0.1, 0.15) is 12.5 Å². The van der Waals surface area contributed by atoms with Gasteiger partial charge in [0.15, 0.2) is 0 Å². The third kappa shape index (κ3) is 4.00. The molecule has 0 spiro atoms. The van der Waals surface area contributed by atoms with Crippen molar-refractivity contribution in [2.45, 2.75) is 24.3 Å². The SMILES string of the molecule is CC1Cc2ccccc2N1/C=C(/C#N)C(=O)Nc1ccc(S(=O)(=O)O)cc1. The third-order valence-corrected chi connectivity index (χ3v) is 5.17. The van der Waals surface area contributed by atoms with Crippen LogP contribution in [0.5, 0.6) is 0 Å². The first-order chi connectivity index (χ1) is 12.8. The number of nitrogens with one attached hydrogen (secondary N) is 1. The van der Waals surface area contributed by atoms with Gasteiger partial charge in [-0.05, 0) is 49.2 Å². The largest absolute Gasteiger partial charge is 0.343 e. The zero-order valence-corrected chi connectivity index (χ0v) is 15.3. The molecule has 0 bridgehead atoms. The van der Waals surface area contributed by atoms with Gasteiger partial charge in [-0.25, -0.2) is 0 Å². The van der Waals surface area contributed by atoms with Gasteiger partial charge in [0.2, 0.25) is 0 Å². The number of anilines is 2. The Kier molecular flexibility index (Phi) is 4.99. The Hall–Kier alpha value is -3.15. The topological polar surface area (TPSA) is 111 Å². The van der Waals surface area contributed by atoms with Crippen LogP contribution in [0, 0.1) is 11.3 Å². The molecule has 0 saturated carbocycles. The molecular weight excluding hydrogens is 366 g/mol. The normalized spacial score (nSPS) is 16.6. The van der Waals surface area contributed by atoms with Crippen LogP contribution in [0.15, 0.2) is 65.2 Å². The van der Waals surface area contributed by atoms with E-state index in [0.29, 0.717) is 5.69 Å².